The zero-order valence-electron chi connectivity index (χ0n) is 9.32. The lowest BCUT2D eigenvalue weighted by Crippen LogP contribution is -1.96. The van der Waals surface area contributed by atoms with E-state index in [-0.39, 0.29) is 5.69 Å². The minimum Gasteiger partial charge on any atom is -0.465 e. The molecule has 7 heteroatoms. The largest absolute Gasteiger partial charge is 0.465 e. The van der Waals surface area contributed by atoms with Gasteiger partial charge in [-0.2, -0.15) is 0 Å². The Hall–Kier alpha value is -2.28. The Morgan fingerprint density at radius 1 is 1.50 bits per heavy atom. The molecule has 0 spiro atoms. The number of benzene rings is 1. The van der Waals surface area contributed by atoms with Gasteiger partial charge in [-0.05, 0) is 0 Å². The van der Waals surface area contributed by atoms with E-state index in [1.165, 1.54) is 25.4 Å². The Morgan fingerprint density at radius 2 is 2.28 bits per heavy atom. The molecule has 2 rings (SSSR count). The number of rotatable bonds is 3. The first-order chi connectivity index (χ1) is 8.61. The number of methoxy groups -OCH3 is 1. The molecule has 92 valence electrons. The normalized spacial score (nSPS) is 10.1. The first kappa shape index (κ1) is 12.2. The fraction of sp³-hybridized carbons (Fsp3) is 0.0909. The van der Waals surface area contributed by atoms with Crippen molar-refractivity contribution in [2.75, 3.05) is 7.11 Å². The van der Waals surface area contributed by atoms with Crippen molar-refractivity contribution < 1.29 is 14.5 Å². The summed E-state index contributed by atoms with van der Waals surface area (Å²) in [4.78, 5) is 25.9. The van der Waals surface area contributed by atoms with Crippen LogP contribution in [-0.2, 0) is 4.74 Å². The van der Waals surface area contributed by atoms with Gasteiger partial charge in [0.2, 0.25) is 0 Å². The second-order valence-corrected chi connectivity index (χ2v) is 4.36. The number of carbonyl (C=O) groups is 1. The summed E-state index contributed by atoms with van der Waals surface area (Å²) >= 11 is 1.13. The molecular weight excluding hydrogens is 256 g/mol. The summed E-state index contributed by atoms with van der Waals surface area (Å²) in [6.45, 7) is 0. The Morgan fingerprint density at radius 3 is 2.94 bits per heavy atom. The molecule has 0 amide bonds. The van der Waals surface area contributed by atoms with Crippen LogP contribution in [0.2, 0.25) is 0 Å². The SMILES string of the molecule is COC(=O)c1cnc(-c2cccc([N+](=O)[O-])c2)s1. The standard InChI is InChI=1S/C11H8N2O4S/c1-17-11(14)9-6-12-10(18-9)7-3-2-4-8(5-7)13(15)16/h2-6H,1H3. The number of aromatic nitrogens is 1. The molecule has 0 radical (unpaired) electrons. The van der Waals surface area contributed by atoms with Crippen molar-refractivity contribution in [3.05, 3.63) is 45.5 Å². The van der Waals surface area contributed by atoms with Crippen molar-refractivity contribution in [3.63, 3.8) is 0 Å². The van der Waals surface area contributed by atoms with Gasteiger partial charge in [0, 0.05) is 17.7 Å². The lowest BCUT2D eigenvalue weighted by molar-refractivity contribution is -0.384. The summed E-state index contributed by atoms with van der Waals surface area (Å²) in [7, 11) is 1.29. The predicted molar refractivity (Wildman–Crippen MR) is 65.5 cm³/mol. The maximum absolute atomic E-state index is 11.3. The van der Waals surface area contributed by atoms with Gasteiger partial charge in [-0.3, -0.25) is 10.1 Å². The molecule has 0 saturated carbocycles. The Bertz CT molecular complexity index is 609. The number of non-ortho nitro benzene ring substituents is 1. The number of nitro benzene ring substituents is 1. The number of nitro groups is 1. The number of hydrogen-bond donors (Lipinski definition) is 0. The van der Waals surface area contributed by atoms with Gasteiger partial charge in [-0.1, -0.05) is 12.1 Å². The van der Waals surface area contributed by atoms with Gasteiger partial charge in [-0.25, -0.2) is 9.78 Å². The van der Waals surface area contributed by atoms with E-state index in [1.807, 2.05) is 0 Å². The first-order valence-electron chi connectivity index (χ1n) is 4.91. The quantitative estimate of drug-likeness (QED) is 0.483. The van der Waals surface area contributed by atoms with Crippen LogP contribution in [0.4, 0.5) is 5.69 Å². The Labute approximate surface area is 106 Å². The molecule has 0 aliphatic rings. The van der Waals surface area contributed by atoms with Gasteiger partial charge in [0.25, 0.3) is 5.69 Å². The highest BCUT2D eigenvalue weighted by Crippen LogP contribution is 2.28. The molecule has 6 nitrogen and oxygen atoms in total. The molecule has 18 heavy (non-hydrogen) atoms. The first-order valence-corrected chi connectivity index (χ1v) is 5.72. The highest BCUT2D eigenvalue weighted by molar-refractivity contribution is 7.16. The minimum atomic E-state index is -0.474. The maximum atomic E-state index is 11.3. The molecule has 0 unspecified atom stereocenters. The van der Waals surface area contributed by atoms with Crippen molar-refractivity contribution in [1.29, 1.82) is 0 Å². The molecule has 2 aromatic rings. The lowest BCUT2D eigenvalue weighted by atomic mass is 10.2. The second-order valence-electron chi connectivity index (χ2n) is 3.33. The van der Waals surface area contributed by atoms with Crippen molar-refractivity contribution in [2.24, 2.45) is 0 Å². The van der Waals surface area contributed by atoms with Crippen molar-refractivity contribution in [1.82, 2.24) is 4.98 Å². The molecule has 0 N–H and O–H groups in total. The molecule has 0 aliphatic carbocycles. The average molecular weight is 264 g/mol. The average Bonchev–Trinajstić information content (AvgIpc) is 2.87. The Kier molecular flexibility index (Phi) is 3.33. The summed E-state index contributed by atoms with van der Waals surface area (Å²) in [5, 5.41) is 11.2. The molecule has 0 aliphatic heterocycles. The predicted octanol–water partition coefficient (Wildman–Crippen LogP) is 2.50. The van der Waals surface area contributed by atoms with Gasteiger partial charge >= 0.3 is 5.97 Å². The van der Waals surface area contributed by atoms with Crippen LogP contribution in [-0.4, -0.2) is 23.0 Å². The van der Waals surface area contributed by atoms with E-state index in [0.717, 1.165) is 11.3 Å². The van der Waals surface area contributed by atoms with Gasteiger partial charge in [-0.15, -0.1) is 11.3 Å². The maximum Gasteiger partial charge on any atom is 0.349 e. The second kappa shape index (κ2) is 4.92. The fourth-order valence-corrected chi connectivity index (χ4v) is 2.19. The summed E-state index contributed by atoms with van der Waals surface area (Å²) in [6, 6.07) is 6.10. The lowest BCUT2D eigenvalue weighted by Gasteiger charge is -1.96. The van der Waals surface area contributed by atoms with E-state index in [9.17, 15) is 14.9 Å². The fourth-order valence-electron chi connectivity index (χ4n) is 1.36. The zero-order chi connectivity index (χ0) is 13.1. The Balaban J connectivity index is 2.37. The topological polar surface area (TPSA) is 82.3 Å². The molecule has 1 heterocycles. The van der Waals surface area contributed by atoms with Crippen LogP contribution in [0.3, 0.4) is 0 Å². The van der Waals surface area contributed by atoms with Gasteiger partial charge in [0.05, 0.1) is 18.2 Å². The van der Waals surface area contributed by atoms with Crippen molar-refractivity contribution >= 4 is 23.0 Å². The van der Waals surface area contributed by atoms with E-state index < -0.39 is 10.9 Å². The molecule has 0 bridgehead atoms. The van der Waals surface area contributed by atoms with Crippen molar-refractivity contribution in [3.8, 4) is 10.6 Å². The van der Waals surface area contributed by atoms with Gasteiger partial charge < -0.3 is 4.74 Å². The van der Waals surface area contributed by atoms with Crippen LogP contribution in [0.15, 0.2) is 30.5 Å². The molecule has 1 aromatic carbocycles. The van der Waals surface area contributed by atoms with Crippen molar-refractivity contribution in [2.45, 2.75) is 0 Å². The number of ether oxygens (including phenoxy) is 1. The molecule has 0 atom stereocenters. The smallest absolute Gasteiger partial charge is 0.349 e. The van der Waals surface area contributed by atoms with Crippen LogP contribution >= 0.6 is 11.3 Å². The summed E-state index contributed by atoms with van der Waals surface area (Å²) < 4.78 is 4.57. The molecule has 0 saturated heterocycles. The number of carbonyl (C=O) groups excluding carboxylic acids is 1. The third-order valence-corrected chi connectivity index (χ3v) is 3.22. The summed E-state index contributed by atoms with van der Waals surface area (Å²) in [5.74, 6) is -0.468. The summed E-state index contributed by atoms with van der Waals surface area (Å²) in [5.41, 5.74) is 0.590. The third kappa shape index (κ3) is 2.35. The highest BCUT2D eigenvalue weighted by Gasteiger charge is 2.13. The number of thiazole rings is 1. The highest BCUT2D eigenvalue weighted by atomic mass is 32.1. The van der Waals surface area contributed by atoms with E-state index >= 15 is 0 Å². The number of nitrogens with zero attached hydrogens (tertiary/aromatic N) is 2. The van der Waals surface area contributed by atoms with E-state index in [0.29, 0.717) is 15.4 Å². The number of hydrogen-bond acceptors (Lipinski definition) is 6. The van der Waals surface area contributed by atoms with Crippen LogP contribution < -0.4 is 0 Å². The van der Waals surface area contributed by atoms with E-state index in [2.05, 4.69) is 9.72 Å². The van der Waals surface area contributed by atoms with E-state index in [4.69, 9.17) is 0 Å². The van der Waals surface area contributed by atoms with Gasteiger partial charge in [0.1, 0.15) is 9.88 Å². The van der Waals surface area contributed by atoms with Crippen LogP contribution in [0.1, 0.15) is 9.67 Å². The monoisotopic (exact) mass is 264 g/mol. The number of esters is 1. The van der Waals surface area contributed by atoms with E-state index in [1.54, 1.807) is 12.1 Å². The van der Waals surface area contributed by atoms with Gasteiger partial charge in [0.15, 0.2) is 0 Å². The molecule has 1 aromatic heterocycles. The van der Waals surface area contributed by atoms with Crippen LogP contribution in [0.25, 0.3) is 10.6 Å². The zero-order valence-corrected chi connectivity index (χ0v) is 10.1. The van der Waals surface area contributed by atoms with Crippen LogP contribution in [0.5, 0.6) is 0 Å². The molecular formula is C11H8N2O4S. The molecule has 0 fully saturated rings. The van der Waals surface area contributed by atoms with Crippen LogP contribution in [0, 0.1) is 10.1 Å². The third-order valence-electron chi connectivity index (χ3n) is 2.20. The minimum absolute atomic E-state index is 0.0117. The summed E-state index contributed by atoms with van der Waals surface area (Å²) in [6.07, 6.45) is 1.39.